The van der Waals surface area contributed by atoms with Crippen molar-refractivity contribution in [2.75, 3.05) is 0 Å². The largest absolute Gasteiger partial charge is 0.320 e. The standard InChI is InChI=1S/C14H13ClFN/c1-9-5-2-3-6-10(9)14(17)13-11(15)7-4-8-12(13)16/h2-8,14H,17H2,1H3. The predicted molar refractivity (Wildman–Crippen MR) is 68.6 cm³/mol. The van der Waals surface area contributed by atoms with Crippen molar-refractivity contribution in [3.63, 3.8) is 0 Å². The van der Waals surface area contributed by atoms with Gasteiger partial charge in [-0.3, -0.25) is 0 Å². The second-order valence-corrected chi connectivity index (χ2v) is 4.38. The molecule has 0 aromatic heterocycles. The molecule has 0 aliphatic carbocycles. The van der Waals surface area contributed by atoms with E-state index in [9.17, 15) is 4.39 Å². The van der Waals surface area contributed by atoms with Gasteiger partial charge in [-0.05, 0) is 30.2 Å². The molecule has 1 nitrogen and oxygen atoms in total. The molecule has 0 saturated heterocycles. The Kier molecular flexibility index (Phi) is 3.46. The zero-order valence-corrected chi connectivity index (χ0v) is 10.2. The van der Waals surface area contributed by atoms with Crippen LogP contribution in [-0.4, -0.2) is 0 Å². The van der Waals surface area contributed by atoms with Crippen LogP contribution in [0, 0.1) is 12.7 Å². The average Bonchev–Trinajstić information content (AvgIpc) is 2.29. The molecular weight excluding hydrogens is 237 g/mol. The molecule has 2 aromatic rings. The van der Waals surface area contributed by atoms with Crippen molar-refractivity contribution in [2.24, 2.45) is 5.73 Å². The Hall–Kier alpha value is -1.38. The van der Waals surface area contributed by atoms with Gasteiger partial charge in [0.05, 0.1) is 6.04 Å². The van der Waals surface area contributed by atoms with Crippen LogP contribution in [0.4, 0.5) is 4.39 Å². The molecule has 0 spiro atoms. The summed E-state index contributed by atoms with van der Waals surface area (Å²) in [5.74, 6) is -0.367. The van der Waals surface area contributed by atoms with Crippen LogP contribution in [0.15, 0.2) is 42.5 Å². The maximum atomic E-state index is 13.8. The molecule has 0 amide bonds. The molecule has 2 N–H and O–H groups in total. The van der Waals surface area contributed by atoms with Gasteiger partial charge in [0.1, 0.15) is 5.82 Å². The molecule has 2 rings (SSSR count). The third-order valence-electron chi connectivity index (χ3n) is 2.83. The van der Waals surface area contributed by atoms with E-state index in [1.54, 1.807) is 12.1 Å². The maximum absolute atomic E-state index is 13.8. The zero-order valence-electron chi connectivity index (χ0n) is 9.45. The number of hydrogen-bond acceptors (Lipinski definition) is 1. The first-order chi connectivity index (χ1) is 8.11. The summed E-state index contributed by atoms with van der Waals surface area (Å²) in [6, 6.07) is 11.7. The monoisotopic (exact) mass is 249 g/mol. The van der Waals surface area contributed by atoms with E-state index >= 15 is 0 Å². The van der Waals surface area contributed by atoms with Gasteiger partial charge in [0.25, 0.3) is 0 Å². The molecule has 17 heavy (non-hydrogen) atoms. The topological polar surface area (TPSA) is 26.0 Å². The predicted octanol–water partition coefficient (Wildman–Crippen LogP) is 3.84. The van der Waals surface area contributed by atoms with Crippen molar-refractivity contribution in [3.8, 4) is 0 Å². The SMILES string of the molecule is Cc1ccccc1C(N)c1c(F)cccc1Cl. The van der Waals surface area contributed by atoms with Gasteiger partial charge in [-0.2, -0.15) is 0 Å². The number of nitrogens with two attached hydrogens (primary N) is 1. The molecule has 3 heteroatoms. The van der Waals surface area contributed by atoms with Crippen LogP contribution in [0.2, 0.25) is 5.02 Å². The summed E-state index contributed by atoms with van der Waals surface area (Å²) < 4.78 is 13.8. The van der Waals surface area contributed by atoms with Gasteiger partial charge in [0.15, 0.2) is 0 Å². The van der Waals surface area contributed by atoms with E-state index in [4.69, 9.17) is 17.3 Å². The lowest BCUT2D eigenvalue weighted by Gasteiger charge is -2.17. The van der Waals surface area contributed by atoms with Gasteiger partial charge in [-0.15, -0.1) is 0 Å². The van der Waals surface area contributed by atoms with Crippen molar-refractivity contribution < 1.29 is 4.39 Å². The summed E-state index contributed by atoms with van der Waals surface area (Å²) in [5, 5.41) is 0.362. The van der Waals surface area contributed by atoms with E-state index in [2.05, 4.69) is 0 Å². The third-order valence-corrected chi connectivity index (χ3v) is 3.16. The number of hydrogen-bond donors (Lipinski definition) is 1. The van der Waals surface area contributed by atoms with E-state index in [1.165, 1.54) is 6.07 Å². The highest BCUT2D eigenvalue weighted by Gasteiger charge is 2.18. The molecule has 88 valence electrons. The minimum absolute atomic E-state index is 0.350. The molecule has 0 saturated carbocycles. The van der Waals surface area contributed by atoms with E-state index in [0.29, 0.717) is 10.6 Å². The Morgan fingerprint density at radius 1 is 1.12 bits per heavy atom. The van der Waals surface area contributed by atoms with Crippen molar-refractivity contribution in [1.82, 2.24) is 0 Å². The number of rotatable bonds is 2. The Balaban J connectivity index is 2.51. The van der Waals surface area contributed by atoms with E-state index in [0.717, 1.165) is 11.1 Å². The van der Waals surface area contributed by atoms with Gasteiger partial charge in [0, 0.05) is 10.6 Å². The molecule has 1 unspecified atom stereocenters. The minimum Gasteiger partial charge on any atom is -0.320 e. The summed E-state index contributed by atoms with van der Waals surface area (Å²) in [4.78, 5) is 0. The van der Waals surface area contributed by atoms with E-state index in [-0.39, 0.29) is 5.82 Å². The van der Waals surface area contributed by atoms with Crippen LogP contribution >= 0.6 is 11.6 Å². The van der Waals surface area contributed by atoms with E-state index < -0.39 is 6.04 Å². The first-order valence-electron chi connectivity index (χ1n) is 5.36. The van der Waals surface area contributed by atoms with Crippen LogP contribution in [0.5, 0.6) is 0 Å². The van der Waals surface area contributed by atoms with Gasteiger partial charge in [-0.25, -0.2) is 4.39 Å². The zero-order chi connectivity index (χ0) is 12.4. The second-order valence-electron chi connectivity index (χ2n) is 3.97. The van der Waals surface area contributed by atoms with Crippen LogP contribution in [0.3, 0.4) is 0 Å². The van der Waals surface area contributed by atoms with Crippen molar-refractivity contribution >= 4 is 11.6 Å². The molecular formula is C14H13ClFN. The second kappa shape index (κ2) is 4.86. The number of benzene rings is 2. The molecule has 0 aliphatic rings. The Labute approximate surface area is 105 Å². The molecule has 1 atom stereocenters. The lowest BCUT2D eigenvalue weighted by atomic mass is 9.95. The average molecular weight is 250 g/mol. The van der Waals surface area contributed by atoms with Crippen LogP contribution < -0.4 is 5.73 Å². The van der Waals surface area contributed by atoms with E-state index in [1.807, 2.05) is 31.2 Å². The molecule has 0 radical (unpaired) electrons. The summed E-state index contributed by atoms with van der Waals surface area (Å²) in [7, 11) is 0. The smallest absolute Gasteiger partial charge is 0.129 e. The van der Waals surface area contributed by atoms with Gasteiger partial charge >= 0.3 is 0 Å². The molecule has 2 aromatic carbocycles. The van der Waals surface area contributed by atoms with Crippen LogP contribution in [-0.2, 0) is 0 Å². The Bertz CT molecular complexity index is 519. The maximum Gasteiger partial charge on any atom is 0.129 e. The molecule has 0 fully saturated rings. The first-order valence-corrected chi connectivity index (χ1v) is 5.74. The minimum atomic E-state index is -0.537. The third kappa shape index (κ3) is 2.33. The lowest BCUT2D eigenvalue weighted by Crippen LogP contribution is -2.15. The lowest BCUT2D eigenvalue weighted by molar-refractivity contribution is 0.599. The summed E-state index contributed by atoms with van der Waals surface area (Å²) in [6.07, 6.45) is 0. The fourth-order valence-corrected chi connectivity index (χ4v) is 2.18. The van der Waals surface area contributed by atoms with Crippen molar-refractivity contribution in [3.05, 3.63) is 70.0 Å². The van der Waals surface area contributed by atoms with Gasteiger partial charge < -0.3 is 5.73 Å². The fraction of sp³-hybridized carbons (Fsp3) is 0.143. The van der Waals surface area contributed by atoms with Gasteiger partial charge in [-0.1, -0.05) is 41.9 Å². The van der Waals surface area contributed by atoms with Crippen LogP contribution in [0.25, 0.3) is 0 Å². The molecule has 0 heterocycles. The summed E-state index contributed by atoms with van der Waals surface area (Å²) >= 11 is 6.01. The number of aryl methyl sites for hydroxylation is 1. The highest BCUT2D eigenvalue weighted by atomic mass is 35.5. The normalized spacial score (nSPS) is 12.5. The molecule has 0 bridgehead atoms. The highest BCUT2D eigenvalue weighted by molar-refractivity contribution is 6.31. The quantitative estimate of drug-likeness (QED) is 0.860. The fourth-order valence-electron chi connectivity index (χ4n) is 1.90. The van der Waals surface area contributed by atoms with Crippen molar-refractivity contribution in [2.45, 2.75) is 13.0 Å². The molecule has 0 aliphatic heterocycles. The number of halogens is 2. The van der Waals surface area contributed by atoms with Crippen molar-refractivity contribution in [1.29, 1.82) is 0 Å². The first kappa shape index (κ1) is 12.1. The Morgan fingerprint density at radius 3 is 2.47 bits per heavy atom. The summed E-state index contributed by atoms with van der Waals surface area (Å²) in [6.45, 7) is 1.95. The van der Waals surface area contributed by atoms with Crippen LogP contribution in [0.1, 0.15) is 22.7 Å². The highest BCUT2D eigenvalue weighted by Crippen LogP contribution is 2.30. The summed E-state index contributed by atoms with van der Waals surface area (Å²) in [5.41, 5.74) is 8.36. The van der Waals surface area contributed by atoms with Gasteiger partial charge in [0.2, 0.25) is 0 Å². The Morgan fingerprint density at radius 2 is 1.82 bits per heavy atom.